The van der Waals surface area contributed by atoms with Crippen LogP contribution in [0, 0.1) is 23.7 Å². The molecule has 1 aliphatic heterocycles. The second kappa shape index (κ2) is 10.6. The molecule has 2 aliphatic carbocycles. The zero-order valence-corrected chi connectivity index (χ0v) is 22.7. The summed E-state index contributed by atoms with van der Waals surface area (Å²) >= 11 is 5.90. The Morgan fingerprint density at radius 1 is 0.929 bits per heavy atom. The van der Waals surface area contributed by atoms with Gasteiger partial charge in [-0.05, 0) is 72.6 Å². The molecule has 1 N–H and O–H groups in total. The van der Waals surface area contributed by atoms with Crippen LogP contribution in [0.2, 0.25) is 5.02 Å². The largest absolute Gasteiger partial charge is 0.452 e. The topological polar surface area (TPSA) is 92.8 Å². The fourth-order valence-corrected chi connectivity index (χ4v) is 6.93. The quantitative estimate of drug-likeness (QED) is 0.275. The molecular weight excluding hydrogens is 573 g/mol. The minimum absolute atomic E-state index is 0.000180. The molecule has 3 aromatic rings. The lowest BCUT2D eigenvalue weighted by atomic mass is 9.73. The number of ether oxygens (including phenoxy) is 1. The van der Waals surface area contributed by atoms with Gasteiger partial charge in [-0.15, -0.1) is 0 Å². The molecule has 0 aromatic heterocycles. The first kappa shape index (κ1) is 28.0. The molecule has 3 fully saturated rings. The van der Waals surface area contributed by atoms with Crippen molar-refractivity contribution in [2.75, 3.05) is 16.8 Å². The van der Waals surface area contributed by atoms with E-state index in [1.54, 1.807) is 6.07 Å². The van der Waals surface area contributed by atoms with Gasteiger partial charge in [0.2, 0.25) is 11.8 Å². The van der Waals surface area contributed by atoms with Crippen LogP contribution < -0.4 is 10.2 Å². The zero-order chi connectivity index (χ0) is 29.8. The fraction of sp³-hybridized carbons (Fsp3) is 0.290. The molecule has 6 rings (SSSR count). The maximum atomic E-state index is 13.6. The molecule has 3 aliphatic rings. The molecule has 1 saturated heterocycles. The van der Waals surface area contributed by atoms with Gasteiger partial charge in [0, 0.05) is 0 Å². The number of alkyl halides is 3. The fourth-order valence-electron chi connectivity index (χ4n) is 6.77. The molecule has 5 atom stereocenters. The van der Waals surface area contributed by atoms with Crippen LogP contribution >= 0.6 is 11.6 Å². The molecule has 11 heteroatoms. The Morgan fingerprint density at radius 2 is 1.67 bits per heavy atom. The summed E-state index contributed by atoms with van der Waals surface area (Å²) in [6.07, 6.45) is -2.95. The van der Waals surface area contributed by atoms with E-state index < -0.39 is 36.1 Å². The van der Waals surface area contributed by atoms with Crippen molar-refractivity contribution in [1.82, 2.24) is 0 Å². The smallest absolute Gasteiger partial charge is 0.416 e. The molecule has 0 spiro atoms. The number of rotatable bonds is 6. The molecule has 7 nitrogen and oxygen atoms in total. The maximum absolute atomic E-state index is 13.6. The van der Waals surface area contributed by atoms with E-state index in [9.17, 15) is 32.3 Å². The highest BCUT2D eigenvalue weighted by Crippen LogP contribution is 2.61. The molecular formula is C31H24ClF3N2O5. The maximum Gasteiger partial charge on any atom is 0.416 e. The number of esters is 1. The Bertz CT molecular complexity index is 1590. The summed E-state index contributed by atoms with van der Waals surface area (Å²) in [5.41, 5.74) is 0.125. The minimum Gasteiger partial charge on any atom is -0.452 e. The van der Waals surface area contributed by atoms with Crippen molar-refractivity contribution < 1.29 is 37.1 Å². The number of hydrogen-bond donors (Lipinski definition) is 1. The van der Waals surface area contributed by atoms with Crippen LogP contribution in [-0.2, 0) is 25.3 Å². The molecule has 2 saturated carbocycles. The summed E-state index contributed by atoms with van der Waals surface area (Å²) < 4.78 is 44.0. The highest BCUT2D eigenvalue weighted by Gasteiger charge is 2.64. The number of imide groups is 1. The molecule has 216 valence electrons. The SMILES string of the molecule is O=C(COC(=O)c1cccc(N2C(=O)[C@@H]3[C@@H]4C[C@@H]([C@H]3C2=O)[C@@H](c2ccccc2)C4)c1)Nc1cc(C(F)(F)F)ccc1Cl. The van der Waals surface area contributed by atoms with Gasteiger partial charge in [-0.3, -0.25) is 19.3 Å². The Labute approximate surface area is 243 Å². The van der Waals surface area contributed by atoms with E-state index in [-0.39, 0.29) is 57.4 Å². The van der Waals surface area contributed by atoms with Gasteiger partial charge in [-0.25, -0.2) is 4.79 Å². The standard InChI is InChI=1S/C31H24ClF3N2O5/c32-23-10-9-19(31(33,34)35)14-24(23)36-25(38)15-42-30(41)17-7-4-8-20(11-17)37-28(39)26-18-12-21(16-5-2-1-3-6-16)22(13-18)27(26)29(37)40/h1-11,14,18,21-22,26-27H,12-13,15H2,(H,36,38)/t18-,21+,22+,26+,27+/m0/s1. The van der Waals surface area contributed by atoms with E-state index in [0.717, 1.165) is 29.9 Å². The second-order valence-corrected chi connectivity index (χ2v) is 11.3. The third-order valence-corrected chi connectivity index (χ3v) is 8.82. The number of anilines is 2. The first-order valence-electron chi connectivity index (χ1n) is 13.4. The van der Waals surface area contributed by atoms with Crippen molar-refractivity contribution >= 4 is 46.7 Å². The van der Waals surface area contributed by atoms with Crippen LogP contribution in [0.1, 0.15) is 40.2 Å². The lowest BCUT2D eigenvalue weighted by Gasteiger charge is -2.28. The monoisotopic (exact) mass is 596 g/mol. The number of carbonyl (C=O) groups is 4. The highest BCUT2D eigenvalue weighted by atomic mass is 35.5. The second-order valence-electron chi connectivity index (χ2n) is 10.8. The molecule has 3 amide bonds. The van der Waals surface area contributed by atoms with Gasteiger partial charge in [0.15, 0.2) is 6.61 Å². The number of amides is 3. The van der Waals surface area contributed by atoms with Gasteiger partial charge in [0.25, 0.3) is 5.91 Å². The van der Waals surface area contributed by atoms with Crippen LogP contribution in [0.25, 0.3) is 0 Å². The number of hydrogen-bond acceptors (Lipinski definition) is 5. The highest BCUT2D eigenvalue weighted by molar-refractivity contribution is 6.33. The number of halogens is 4. The van der Waals surface area contributed by atoms with Gasteiger partial charge in [0.1, 0.15) is 0 Å². The summed E-state index contributed by atoms with van der Waals surface area (Å²) in [4.78, 5) is 53.3. The van der Waals surface area contributed by atoms with Crippen LogP contribution in [0.15, 0.2) is 72.8 Å². The minimum atomic E-state index is -4.64. The van der Waals surface area contributed by atoms with Crippen LogP contribution in [-0.4, -0.2) is 30.3 Å². The van der Waals surface area contributed by atoms with Crippen LogP contribution in [0.5, 0.6) is 0 Å². The predicted molar refractivity (Wildman–Crippen MR) is 147 cm³/mol. The van der Waals surface area contributed by atoms with Crippen molar-refractivity contribution in [3.8, 4) is 0 Å². The van der Waals surface area contributed by atoms with Gasteiger partial charge in [-0.1, -0.05) is 48.0 Å². The third kappa shape index (κ3) is 4.93. The predicted octanol–water partition coefficient (Wildman–Crippen LogP) is 6.08. The van der Waals surface area contributed by atoms with E-state index in [4.69, 9.17) is 16.3 Å². The van der Waals surface area contributed by atoms with Crippen LogP contribution in [0.4, 0.5) is 24.5 Å². The first-order valence-corrected chi connectivity index (χ1v) is 13.8. The van der Waals surface area contributed by atoms with Crippen molar-refractivity contribution in [2.24, 2.45) is 23.7 Å². The van der Waals surface area contributed by atoms with Gasteiger partial charge >= 0.3 is 12.1 Å². The summed E-state index contributed by atoms with van der Waals surface area (Å²) in [7, 11) is 0. The summed E-state index contributed by atoms with van der Waals surface area (Å²) in [6, 6.07) is 18.3. The van der Waals surface area contributed by atoms with Crippen molar-refractivity contribution in [3.05, 3.63) is 94.5 Å². The van der Waals surface area contributed by atoms with Crippen LogP contribution in [0.3, 0.4) is 0 Å². The van der Waals surface area contributed by atoms with E-state index in [2.05, 4.69) is 17.4 Å². The summed E-state index contributed by atoms with van der Waals surface area (Å²) in [6.45, 7) is -0.800. The molecule has 2 bridgehead atoms. The lowest BCUT2D eigenvalue weighted by molar-refractivity contribution is -0.137. The Morgan fingerprint density at radius 3 is 2.40 bits per heavy atom. The Hall–Kier alpha value is -4.18. The lowest BCUT2D eigenvalue weighted by Crippen LogP contribution is -2.33. The average molecular weight is 597 g/mol. The molecule has 1 heterocycles. The van der Waals surface area contributed by atoms with Gasteiger partial charge in [-0.2, -0.15) is 13.2 Å². The Balaban J connectivity index is 1.12. The van der Waals surface area contributed by atoms with Crippen molar-refractivity contribution in [1.29, 1.82) is 0 Å². The summed E-state index contributed by atoms with van der Waals surface area (Å²) in [5, 5.41) is 2.08. The summed E-state index contributed by atoms with van der Waals surface area (Å²) in [5.74, 6) is -2.76. The van der Waals surface area contributed by atoms with E-state index in [0.29, 0.717) is 6.07 Å². The third-order valence-electron chi connectivity index (χ3n) is 8.49. The van der Waals surface area contributed by atoms with E-state index in [1.807, 2.05) is 18.2 Å². The number of nitrogens with zero attached hydrogens (tertiary/aromatic N) is 1. The number of nitrogens with one attached hydrogen (secondary N) is 1. The molecule has 0 unspecified atom stereocenters. The average Bonchev–Trinajstić information content (AvgIpc) is 3.64. The van der Waals surface area contributed by atoms with Crippen molar-refractivity contribution in [3.63, 3.8) is 0 Å². The normalized spacial score (nSPS) is 24.6. The van der Waals surface area contributed by atoms with Gasteiger partial charge < -0.3 is 10.1 Å². The first-order chi connectivity index (χ1) is 20.0. The number of fused-ring (bicyclic) bond motifs is 5. The van der Waals surface area contributed by atoms with Gasteiger partial charge in [0.05, 0.1) is 39.4 Å². The van der Waals surface area contributed by atoms with Crippen molar-refractivity contribution in [2.45, 2.75) is 24.9 Å². The number of carbonyl (C=O) groups excluding carboxylic acids is 4. The molecule has 42 heavy (non-hydrogen) atoms. The molecule has 0 radical (unpaired) electrons. The molecule has 3 aromatic carbocycles. The van der Waals surface area contributed by atoms with E-state index >= 15 is 0 Å². The zero-order valence-electron chi connectivity index (χ0n) is 21.9. The number of benzene rings is 3. The Kier molecular flexibility index (Phi) is 7.04. The van der Waals surface area contributed by atoms with E-state index in [1.165, 1.54) is 23.8 Å².